The summed E-state index contributed by atoms with van der Waals surface area (Å²) in [5, 5.41) is 5.78. The van der Waals surface area contributed by atoms with Crippen molar-refractivity contribution in [1.29, 1.82) is 0 Å². The van der Waals surface area contributed by atoms with Crippen LogP contribution in [-0.2, 0) is 9.59 Å². The molecule has 2 aliphatic rings. The predicted octanol–water partition coefficient (Wildman–Crippen LogP) is 2.13. The second kappa shape index (κ2) is 6.92. The lowest BCUT2D eigenvalue weighted by molar-refractivity contribution is -0.140. The van der Waals surface area contributed by atoms with E-state index in [1.54, 1.807) is 0 Å². The number of amides is 2. The molecular formula is C15H26N2O2. The Morgan fingerprint density at radius 2 is 1.37 bits per heavy atom. The van der Waals surface area contributed by atoms with Crippen molar-refractivity contribution in [2.24, 2.45) is 5.92 Å². The Morgan fingerprint density at radius 3 is 2.05 bits per heavy atom. The van der Waals surface area contributed by atoms with Gasteiger partial charge in [-0.15, -0.1) is 0 Å². The van der Waals surface area contributed by atoms with Gasteiger partial charge in [-0.05, 0) is 31.6 Å². The third-order valence-electron chi connectivity index (χ3n) is 4.57. The van der Waals surface area contributed by atoms with Gasteiger partial charge in [0, 0.05) is 12.1 Å². The van der Waals surface area contributed by atoms with Crippen molar-refractivity contribution in [1.82, 2.24) is 10.6 Å². The number of carbonyl (C=O) groups is 2. The highest BCUT2D eigenvalue weighted by molar-refractivity contribution is 6.35. The number of carbonyl (C=O) groups excluding carboxylic acids is 2. The molecule has 0 bridgehead atoms. The van der Waals surface area contributed by atoms with Crippen LogP contribution in [-0.4, -0.2) is 23.9 Å². The van der Waals surface area contributed by atoms with Crippen LogP contribution >= 0.6 is 0 Å². The van der Waals surface area contributed by atoms with E-state index in [1.165, 1.54) is 12.8 Å². The van der Waals surface area contributed by atoms with Gasteiger partial charge in [-0.1, -0.05) is 39.0 Å². The molecule has 0 aromatic heterocycles. The first-order valence-corrected chi connectivity index (χ1v) is 7.78. The quantitative estimate of drug-likeness (QED) is 0.752. The first kappa shape index (κ1) is 14.4. The fourth-order valence-corrected chi connectivity index (χ4v) is 3.26. The van der Waals surface area contributed by atoms with E-state index in [9.17, 15) is 9.59 Å². The first-order chi connectivity index (χ1) is 9.16. The van der Waals surface area contributed by atoms with Crippen LogP contribution < -0.4 is 10.6 Å². The van der Waals surface area contributed by atoms with Crippen molar-refractivity contribution in [3.8, 4) is 0 Å². The van der Waals surface area contributed by atoms with Gasteiger partial charge in [-0.2, -0.15) is 0 Å². The zero-order chi connectivity index (χ0) is 13.7. The average Bonchev–Trinajstić information content (AvgIpc) is 2.42. The van der Waals surface area contributed by atoms with Crippen molar-refractivity contribution < 1.29 is 9.59 Å². The molecule has 0 heterocycles. The second-order valence-corrected chi connectivity index (χ2v) is 6.15. The van der Waals surface area contributed by atoms with Gasteiger partial charge in [0.1, 0.15) is 0 Å². The van der Waals surface area contributed by atoms with E-state index >= 15 is 0 Å². The van der Waals surface area contributed by atoms with Crippen LogP contribution in [0.15, 0.2) is 0 Å². The highest BCUT2D eigenvalue weighted by atomic mass is 16.2. The largest absolute Gasteiger partial charge is 0.345 e. The summed E-state index contributed by atoms with van der Waals surface area (Å²) in [6.45, 7) is 2.16. The number of nitrogens with one attached hydrogen (secondary N) is 2. The molecule has 0 spiro atoms. The molecule has 0 aromatic carbocycles. The van der Waals surface area contributed by atoms with Crippen LogP contribution in [0.5, 0.6) is 0 Å². The zero-order valence-corrected chi connectivity index (χ0v) is 11.9. The van der Waals surface area contributed by atoms with E-state index in [0.29, 0.717) is 5.92 Å². The molecule has 2 saturated carbocycles. The van der Waals surface area contributed by atoms with Crippen molar-refractivity contribution in [2.45, 2.75) is 76.8 Å². The molecule has 2 amide bonds. The minimum atomic E-state index is -0.440. The van der Waals surface area contributed by atoms with E-state index < -0.39 is 11.8 Å². The third-order valence-corrected chi connectivity index (χ3v) is 4.57. The Balaban J connectivity index is 1.76. The van der Waals surface area contributed by atoms with Gasteiger partial charge in [0.05, 0.1) is 0 Å². The van der Waals surface area contributed by atoms with Crippen LogP contribution in [0.3, 0.4) is 0 Å². The maximum Gasteiger partial charge on any atom is 0.309 e. The van der Waals surface area contributed by atoms with Crippen molar-refractivity contribution in [3.05, 3.63) is 0 Å². The Hall–Kier alpha value is -1.06. The predicted molar refractivity (Wildman–Crippen MR) is 74.6 cm³/mol. The van der Waals surface area contributed by atoms with E-state index in [2.05, 4.69) is 17.6 Å². The molecule has 0 radical (unpaired) electrons. The molecule has 108 valence electrons. The molecule has 0 aliphatic heterocycles. The second-order valence-electron chi connectivity index (χ2n) is 6.15. The average molecular weight is 266 g/mol. The smallest absolute Gasteiger partial charge is 0.309 e. The van der Waals surface area contributed by atoms with Crippen molar-refractivity contribution in [3.63, 3.8) is 0 Å². The van der Waals surface area contributed by atoms with Gasteiger partial charge in [0.15, 0.2) is 0 Å². The first-order valence-electron chi connectivity index (χ1n) is 7.78. The minimum Gasteiger partial charge on any atom is -0.345 e. The Kier molecular flexibility index (Phi) is 5.23. The lowest BCUT2D eigenvalue weighted by Crippen LogP contribution is -2.50. The van der Waals surface area contributed by atoms with E-state index in [4.69, 9.17) is 0 Å². The van der Waals surface area contributed by atoms with Gasteiger partial charge in [0.2, 0.25) is 0 Å². The molecule has 4 nitrogen and oxygen atoms in total. The van der Waals surface area contributed by atoms with Crippen LogP contribution in [0, 0.1) is 5.92 Å². The maximum absolute atomic E-state index is 11.9. The highest BCUT2D eigenvalue weighted by Gasteiger charge is 2.26. The molecule has 2 unspecified atom stereocenters. The molecule has 0 saturated heterocycles. The standard InChI is InChI=1S/C15H26N2O2/c1-11-7-5-6-10-13(11)17-15(19)14(18)16-12-8-3-2-4-9-12/h11-13H,2-10H2,1H3,(H,16,18)(H,17,19). The third kappa shape index (κ3) is 4.22. The molecule has 2 atom stereocenters. The van der Waals surface area contributed by atoms with Gasteiger partial charge in [-0.3, -0.25) is 9.59 Å². The van der Waals surface area contributed by atoms with E-state index in [-0.39, 0.29) is 12.1 Å². The van der Waals surface area contributed by atoms with Gasteiger partial charge in [-0.25, -0.2) is 0 Å². The molecule has 19 heavy (non-hydrogen) atoms. The summed E-state index contributed by atoms with van der Waals surface area (Å²) in [7, 11) is 0. The molecule has 2 rings (SSSR count). The molecule has 2 fully saturated rings. The van der Waals surface area contributed by atoms with Crippen molar-refractivity contribution >= 4 is 11.8 Å². The fraction of sp³-hybridized carbons (Fsp3) is 0.867. The number of hydrogen-bond acceptors (Lipinski definition) is 2. The van der Waals surface area contributed by atoms with E-state index in [1.807, 2.05) is 0 Å². The number of hydrogen-bond donors (Lipinski definition) is 2. The van der Waals surface area contributed by atoms with Gasteiger partial charge >= 0.3 is 11.8 Å². The summed E-state index contributed by atoms with van der Waals surface area (Å²) in [6.07, 6.45) is 10.1. The molecule has 0 aromatic rings. The topological polar surface area (TPSA) is 58.2 Å². The van der Waals surface area contributed by atoms with Crippen LogP contribution in [0.1, 0.15) is 64.7 Å². The summed E-state index contributed by atoms with van der Waals surface area (Å²) in [5.41, 5.74) is 0. The Labute approximate surface area is 115 Å². The van der Waals surface area contributed by atoms with Gasteiger partial charge < -0.3 is 10.6 Å². The summed E-state index contributed by atoms with van der Waals surface area (Å²) in [6, 6.07) is 0.383. The highest BCUT2D eigenvalue weighted by Crippen LogP contribution is 2.23. The minimum absolute atomic E-state index is 0.179. The van der Waals surface area contributed by atoms with E-state index in [0.717, 1.165) is 44.9 Å². The zero-order valence-electron chi connectivity index (χ0n) is 11.9. The van der Waals surface area contributed by atoms with Crippen molar-refractivity contribution in [2.75, 3.05) is 0 Å². The lowest BCUT2D eigenvalue weighted by atomic mass is 9.86. The Bertz CT molecular complexity index is 324. The summed E-state index contributed by atoms with van der Waals surface area (Å²) in [5.74, 6) is -0.394. The lowest BCUT2D eigenvalue weighted by Gasteiger charge is -2.29. The molecule has 2 N–H and O–H groups in total. The molecular weight excluding hydrogens is 240 g/mol. The summed E-state index contributed by atoms with van der Waals surface area (Å²) >= 11 is 0. The monoisotopic (exact) mass is 266 g/mol. The molecule has 4 heteroatoms. The Morgan fingerprint density at radius 1 is 0.789 bits per heavy atom. The van der Waals surface area contributed by atoms with Crippen LogP contribution in [0.4, 0.5) is 0 Å². The maximum atomic E-state index is 11.9. The SMILES string of the molecule is CC1CCCCC1NC(=O)C(=O)NC1CCCCC1. The van der Waals surface area contributed by atoms with Gasteiger partial charge in [0.25, 0.3) is 0 Å². The fourth-order valence-electron chi connectivity index (χ4n) is 3.26. The number of rotatable bonds is 2. The van der Waals surface area contributed by atoms with Crippen LogP contribution in [0.2, 0.25) is 0 Å². The molecule has 2 aliphatic carbocycles. The normalized spacial score (nSPS) is 28.7. The van der Waals surface area contributed by atoms with Crippen LogP contribution in [0.25, 0.3) is 0 Å². The summed E-state index contributed by atoms with van der Waals surface area (Å²) in [4.78, 5) is 23.8. The summed E-state index contributed by atoms with van der Waals surface area (Å²) < 4.78 is 0.